The van der Waals surface area contributed by atoms with Gasteiger partial charge in [-0.1, -0.05) is 25.7 Å². The summed E-state index contributed by atoms with van der Waals surface area (Å²) in [5, 5.41) is 0. The third-order valence-corrected chi connectivity index (χ3v) is 3.67. The second-order valence-corrected chi connectivity index (χ2v) is 5.23. The van der Waals surface area contributed by atoms with E-state index >= 15 is 0 Å². The molecule has 3 nitrogen and oxygen atoms in total. The lowest BCUT2D eigenvalue weighted by molar-refractivity contribution is 0.428. The fraction of sp³-hybridized carbons (Fsp3) is 0.923. The van der Waals surface area contributed by atoms with Gasteiger partial charge in [0.05, 0.1) is 0 Å². The predicted octanol–water partition coefficient (Wildman–Crippen LogP) is 2.99. The molecule has 0 aromatic rings. The Morgan fingerprint density at radius 2 is 1.76 bits per heavy atom. The van der Waals surface area contributed by atoms with Gasteiger partial charge in [-0.3, -0.25) is 4.99 Å². The summed E-state index contributed by atoms with van der Waals surface area (Å²) >= 11 is 0. The number of halogens is 1. The molecule has 1 aliphatic carbocycles. The number of rotatable bonds is 4. The van der Waals surface area contributed by atoms with Crippen molar-refractivity contribution in [2.75, 3.05) is 19.6 Å². The van der Waals surface area contributed by atoms with Crippen molar-refractivity contribution < 1.29 is 0 Å². The lowest BCUT2D eigenvalue weighted by Crippen LogP contribution is -2.38. The Morgan fingerprint density at radius 3 is 2.35 bits per heavy atom. The van der Waals surface area contributed by atoms with E-state index in [9.17, 15) is 0 Å². The van der Waals surface area contributed by atoms with E-state index in [4.69, 9.17) is 5.73 Å². The highest BCUT2D eigenvalue weighted by molar-refractivity contribution is 14.0. The first-order chi connectivity index (χ1) is 7.86. The lowest BCUT2D eigenvalue weighted by atomic mass is 10.2. The quantitative estimate of drug-likeness (QED) is 0.366. The van der Waals surface area contributed by atoms with Crippen LogP contribution in [0.2, 0.25) is 0 Å². The van der Waals surface area contributed by atoms with Crippen LogP contribution < -0.4 is 5.73 Å². The van der Waals surface area contributed by atoms with Crippen molar-refractivity contribution in [2.24, 2.45) is 16.6 Å². The first-order valence-electron chi connectivity index (χ1n) is 6.91. The van der Waals surface area contributed by atoms with Gasteiger partial charge in [0.25, 0.3) is 0 Å². The normalized spacial score (nSPS) is 21.9. The van der Waals surface area contributed by atoms with Crippen LogP contribution in [0.15, 0.2) is 4.99 Å². The van der Waals surface area contributed by atoms with Gasteiger partial charge in [-0.25, -0.2) is 0 Å². The van der Waals surface area contributed by atoms with E-state index in [2.05, 4.69) is 9.89 Å². The maximum atomic E-state index is 6.03. The van der Waals surface area contributed by atoms with Gasteiger partial charge in [-0.15, -0.1) is 24.0 Å². The van der Waals surface area contributed by atoms with Crippen molar-refractivity contribution in [1.29, 1.82) is 0 Å². The molecule has 0 unspecified atom stereocenters. The molecule has 0 aromatic heterocycles. The standard InChI is InChI=1S/C13H25N3.HI/c14-13(15-9-5-6-12-7-8-12)16-10-3-1-2-4-11-16;/h12H,1-11H2,(H2,14,15);1H. The molecule has 0 spiro atoms. The fourth-order valence-electron chi connectivity index (χ4n) is 2.38. The Hall–Kier alpha value is 0. The van der Waals surface area contributed by atoms with Crippen LogP contribution in [0.3, 0.4) is 0 Å². The fourth-order valence-corrected chi connectivity index (χ4v) is 2.38. The summed E-state index contributed by atoms with van der Waals surface area (Å²) in [4.78, 5) is 6.78. The SMILES string of the molecule is I.NC(=NCCCC1CC1)N1CCCCCC1. The summed E-state index contributed by atoms with van der Waals surface area (Å²) in [6, 6.07) is 0. The zero-order chi connectivity index (χ0) is 11.2. The number of hydrogen-bond donors (Lipinski definition) is 1. The molecule has 2 N–H and O–H groups in total. The molecule has 0 radical (unpaired) electrons. The van der Waals surface area contributed by atoms with Crippen LogP contribution in [0.25, 0.3) is 0 Å². The van der Waals surface area contributed by atoms with Gasteiger partial charge in [0, 0.05) is 19.6 Å². The van der Waals surface area contributed by atoms with E-state index in [1.165, 1.54) is 51.4 Å². The molecule has 1 saturated heterocycles. The molecule has 0 atom stereocenters. The number of nitrogens with two attached hydrogens (primary N) is 1. The van der Waals surface area contributed by atoms with Crippen molar-refractivity contribution in [3.63, 3.8) is 0 Å². The van der Waals surface area contributed by atoms with Crippen molar-refractivity contribution >= 4 is 29.9 Å². The highest BCUT2D eigenvalue weighted by atomic mass is 127. The molecule has 0 amide bonds. The summed E-state index contributed by atoms with van der Waals surface area (Å²) in [7, 11) is 0. The molecule has 0 aromatic carbocycles. The van der Waals surface area contributed by atoms with Crippen LogP contribution in [-0.2, 0) is 0 Å². The van der Waals surface area contributed by atoms with Crippen molar-refractivity contribution in [2.45, 2.75) is 51.4 Å². The minimum absolute atomic E-state index is 0. The number of hydrogen-bond acceptors (Lipinski definition) is 1. The Kier molecular flexibility index (Phi) is 7.23. The maximum Gasteiger partial charge on any atom is 0.191 e. The molecule has 4 heteroatoms. The van der Waals surface area contributed by atoms with Crippen LogP contribution >= 0.6 is 24.0 Å². The molecule has 17 heavy (non-hydrogen) atoms. The molecule has 1 heterocycles. The summed E-state index contributed by atoms with van der Waals surface area (Å²) in [5.74, 6) is 1.81. The molecule has 2 fully saturated rings. The first-order valence-corrected chi connectivity index (χ1v) is 6.91. The van der Waals surface area contributed by atoms with Gasteiger partial charge in [-0.05, 0) is 31.6 Å². The Morgan fingerprint density at radius 1 is 1.12 bits per heavy atom. The first kappa shape index (κ1) is 15.1. The number of likely N-dealkylation sites (tertiary alicyclic amines) is 1. The average molecular weight is 351 g/mol. The summed E-state index contributed by atoms with van der Waals surface area (Å²) < 4.78 is 0. The van der Waals surface area contributed by atoms with E-state index < -0.39 is 0 Å². The van der Waals surface area contributed by atoms with E-state index in [1.54, 1.807) is 0 Å². The minimum atomic E-state index is 0. The summed E-state index contributed by atoms with van der Waals surface area (Å²) in [5.41, 5.74) is 6.03. The van der Waals surface area contributed by atoms with E-state index in [0.29, 0.717) is 0 Å². The summed E-state index contributed by atoms with van der Waals surface area (Å²) in [6.45, 7) is 3.15. The second-order valence-electron chi connectivity index (χ2n) is 5.23. The van der Waals surface area contributed by atoms with Crippen molar-refractivity contribution in [3.8, 4) is 0 Å². The van der Waals surface area contributed by atoms with Crippen molar-refractivity contribution in [1.82, 2.24) is 4.90 Å². The zero-order valence-electron chi connectivity index (χ0n) is 10.7. The number of aliphatic imine (C=N–C) groups is 1. The van der Waals surface area contributed by atoms with Crippen molar-refractivity contribution in [3.05, 3.63) is 0 Å². The van der Waals surface area contributed by atoms with E-state index in [0.717, 1.165) is 31.5 Å². The topological polar surface area (TPSA) is 41.6 Å². The van der Waals surface area contributed by atoms with Crippen LogP contribution in [-0.4, -0.2) is 30.5 Å². The minimum Gasteiger partial charge on any atom is -0.370 e. The van der Waals surface area contributed by atoms with Crippen LogP contribution in [0, 0.1) is 5.92 Å². The molecule has 0 bridgehead atoms. The van der Waals surface area contributed by atoms with E-state index in [-0.39, 0.29) is 24.0 Å². The summed E-state index contributed by atoms with van der Waals surface area (Å²) in [6.07, 6.45) is 10.7. The molecule has 1 aliphatic heterocycles. The smallest absolute Gasteiger partial charge is 0.191 e. The average Bonchev–Trinajstić information content (AvgIpc) is 3.10. The van der Waals surface area contributed by atoms with Gasteiger partial charge >= 0.3 is 0 Å². The Balaban J connectivity index is 0.00000144. The molecule has 100 valence electrons. The second kappa shape index (κ2) is 8.16. The highest BCUT2D eigenvalue weighted by Gasteiger charge is 2.20. The highest BCUT2D eigenvalue weighted by Crippen LogP contribution is 2.33. The zero-order valence-corrected chi connectivity index (χ0v) is 13.1. The number of nitrogens with zero attached hydrogens (tertiary/aromatic N) is 2. The van der Waals surface area contributed by atoms with Crippen LogP contribution in [0.4, 0.5) is 0 Å². The third kappa shape index (κ3) is 5.93. The van der Waals surface area contributed by atoms with Gasteiger partial charge in [0.1, 0.15) is 0 Å². The van der Waals surface area contributed by atoms with Gasteiger partial charge < -0.3 is 10.6 Å². The molecule has 1 saturated carbocycles. The van der Waals surface area contributed by atoms with E-state index in [1.807, 2.05) is 0 Å². The van der Waals surface area contributed by atoms with Crippen LogP contribution in [0.1, 0.15) is 51.4 Å². The largest absolute Gasteiger partial charge is 0.370 e. The molecule has 2 aliphatic rings. The predicted molar refractivity (Wildman–Crippen MR) is 83.9 cm³/mol. The number of guanidine groups is 1. The molecule has 2 rings (SSSR count). The van der Waals surface area contributed by atoms with Gasteiger partial charge in [0.15, 0.2) is 5.96 Å². The van der Waals surface area contributed by atoms with Crippen LogP contribution in [0.5, 0.6) is 0 Å². The molecular weight excluding hydrogens is 325 g/mol. The Labute approximate surface area is 122 Å². The lowest BCUT2D eigenvalue weighted by Gasteiger charge is -2.21. The molecular formula is C13H26IN3. The monoisotopic (exact) mass is 351 g/mol. The third-order valence-electron chi connectivity index (χ3n) is 3.67. The Bertz CT molecular complexity index is 231. The van der Waals surface area contributed by atoms with Gasteiger partial charge in [0.2, 0.25) is 0 Å². The van der Waals surface area contributed by atoms with Gasteiger partial charge in [-0.2, -0.15) is 0 Å². The maximum absolute atomic E-state index is 6.03.